The molecule has 1 saturated heterocycles. The van der Waals surface area contributed by atoms with E-state index < -0.39 is 0 Å². The van der Waals surface area contributed by atoms with Crippen LogP contribution in [0, 0.1) is 5.92 Å². The Kier molecular flexibility index (Phi) is 6.59. The number of amides is 2. The molecule has 2 aliphatic rings. The topological polar surface area (TPSA) is 52.7 Å². The zero-order chi connectivity index (χ0) is 18.5. The first-order valence-electron chi connectivity index (χ1n) is 9.59. The lowest BCUT2D eigenvalue weighted by atomic mass is 10.0. The average Bonchev–Trinajstić information content (AvgIpc) is 2.65. The Balaban J connectivity index is 1.42. The SMILES string of the molecule is CC(C)C(=O)NC1CCN(CCCN2C(=O)CSc3ccccc32)CC1. The van der Waals surface area contributed by atoms with Crippen molar-refractivity contribution < 1.29 is 9.59 Å². The van der Waals surface area contributed by atoms with Crippen LogP contribution < -0.4 is 10.2 Å². The number of fused-ring (bicyclic) bond motifs is 1. The number of likely N-dealkylation sites (tertiary alicyclic amines) is 1. The number of para-hydroxylation sites is 1. The van der Waals surface area contributed by atoms with Gasteiger partial charge in [-0.25, -0.2) is 0 Å². The van der Waals surface area contributed by atoms with Gasteiger partial charge < -0.3 is 15.1 Å². The molecule has 2 heterocycles. The van der Waals surface area contributed by atoms with Gasteiger partial charge in [0, 0.05) is 36.5 Å². The van der Waals surface area contributed by atoms with Crippen molar-refractivity contribution in [3.63, 3.8) is 0 Å². The van der Waals surface area contributed by atoms with Crippen LogP contribution in [0.5, 0.6) is 0 Å². The highest BCUT2D eigenvalue weighted by Crippen LogP contribution is 2.34. The van der Waals surface area contributed by atoms with Crippen molar-refractivity contribution in [3.05, 3.63) is 24.3 Å². The first kappa shape index (κ1) is 19.2. The second-order valence-electron chi connectivity index (χ2n) is 7.43. The van der Waals surface area contributed by atoms with Gasteiger partial charge >= 0.3 is 0 Å². The Morgan fingerprint density at radius 1 is 1.23 bits per heavy atom. The van der Waals surface area contributed by atoms with Crippen LogP contribution >= 0.6 is 11.8 Å². The Morgan fingerprint density at radius 3 is 2.69 bits per heavy atom. The highest BCUT2D eigenvalue weighted by Gasteiger charge is 2.25. The summed E-state index contributed by atoms with van der Waals surface area (Å²) in [6.07, 6.45) is 3.01. The van der Waals surface area contributed by atoms with Crippen LogP contribution in [0.4, 0.5) is 5.69 Å². The minimum atomic E-state index is 0.0520. The second kappa shape index (κ2) is 8.91. The van der Waals surface area contributed by atoms with Crippen LogP contribution in [-0.2, 0) is 9.59 Å². The number of thioether (sulfide) groups is 1. The monoisotopic (exact) mass is 375 g/mol. The van der Waals surface area contributed by atoms with E-state index in [1.807, 2.05) is 36.9 Å². The van der Waals surface area contributed by atoms with Gasteiger partial charge in [0.2, 0.25) is 11.8 Å². The van der Waals surface area contributed by atoms with Gasteiger partial charge in [-0.05, 0) is 37.9 Å². The average molecular weight is 376 g/mol. The predicted molar refractivity (Wildman–Crippen MR) is 107 cm³/mol. The highest BCUT2D eigenvalue weighted by molar-refractivity contribution is 8.00. The van der Waals surface area contributed by atoms with Crippen molar-refractivity contribution in [2.24, 2.45) is 5.92 Å². The van der Waals surface area contributed by atoms with Crippen molar-refractivity contribution in [2.45, 2.75) is 44.0 Å². The Bertz CT molecular complexity index is 642. The third-order valence-electron chi connectivity index (χ3n) is 5.12. The molecule has 0 aromatic heterocycles. The number of rotatable bonds is 6. The third kappa shape index (κ3) is 4.80. The Morgan fingerprint density at radius 2 is 1.96 bits per heavy atom. The summed E-state index contributed by atoms with van der Waals surface area (Å²) in [7, 11) is 0. The van der Waals surface area contributed by atoms with Crippen LogP contribution in [0.2, 0.25) is 0 Å². The Labute approximate surface area is 160 Å². The van der Waals surface area contributed by atoms with E-state index in [0.29, 0.717) is 11.8 Å². The van der Waals surface area contributed by atoms with Crippen LogP contribution in [0.3, 0.4) is 0 Å². The predicted octanol–water partition coefficient (Wildman–Crippen LogP) is 2.75. The van der Waals surface area contributed by atoms with Crippen molar-refractivity contribution >= 4 is 29.3 Å². The van der Waals surface area contributed by atoms with Crippen molar-refractivity contribution in [1.82, 2.24) is 10.2 Å². The number of nitrogens with one attached hydrogen (secondary N) is 1. The second-order valence-corrected chi connectivity index (χ2v) is 8.45. The third-order valence-corrected chi connectivity index (χ3v) is 6.17. The van der Waals surface area contributed by atoms with E-state index in [0.717, 1.165) is 51.1 Å². The van der Waals surface area contributed by atoms with Gasteiger partial charge in [-0.15, -0.1) is 11.8 Å². The fourth-order valence-electron chi connectivity index (χ4n) is 3.52. The molecule has 0 saturated carbocycles. The number of carbonyl (C=O) groups is 2. The molecule has 6 heteroatoms. The smallest absolute Gasteiger partial charge is 0.237 e. The molecule has 0 bridgehead atoms. The molecular weight excluding hydrogens is 346 g/mol. The fourth-order valence-corrected chi connectivity index (χ4v) is 4.46. The summed E-state index contributed by atoms with van der Waals surface area (Å²) in [6.45, 7) is 7.68. The number of hydrogen-bond acceptors (Lipinski definition) is 4. The maximum absolute atomic E-state index is 12.3. The number of anilines is 1. The van der Waals surface area contributed by atoms with Crippen molar-refractivity contribution in [2.75, 3.05) is 36.8 Å². The van der Waals surface area contributed by atoms with Gasteiger partial charge in [-0.2, -0.15) is 0 Å². The van der Waals surface area contributed by atoms with E-state index in [-0.39, 0.29) is 17.7 Å². The number of piperidine rings is 1. The summed E-state index contributed by atoms with van der Waals surface area (Å²) in [5, 5.41) is 3.14. The number of benzene rings is 1. The molecule has 1 aromatic carbocycles. The molecule has 0 spiro atoms. The summed E-state index contributed by atoms with van der Waals surface area (Å²) in [6, 6.07) is 8.48. The molecule has 2 amide bonds. The van der Waals surface area contributed by atoms with E-state index in [1.54, 1.807) is 11.8 Å². The molecule has 0 aliphatic carbocycles. The normalized spacial score (nSPS) is 18.9. The zero-order valence-corrected chi connectivity index (χ0v) is 16.6. The maximum atomic E-state index is 12.3. The molecule has 1 N–H and O–H groups in total. The number of nitrogens with zero attached hydrogens (tertiary/aromatic N) is 2. The molecule has 1 fully saturated rings. The molecule has 3 rings (SSSR count). The summed E-state index contributed by atoms with van der Waals surface area (Å²) >= 11 is 1.63. The van der Waals surface area contributed by atoms with E-state index in [2.05, 4.69) is 16.3 Å². The molecule has 2 aliphatic heterocycles. The Hall–Kier alpha value is -1.53. The molecule has 142 valence electrons. The standard InChI is InChI=1S/C20H29N3O2S/c1-15(2)20(25)21-16-8-12-22(13-9-16)10-5-11-23-17-6-3-4-7-18(17)26-14-19(23)24/h3-4,6-7,15-16H,5,8-14H2,1-2H3,(H,21,25). The molecule has 5 nitrogen and oxygen atoms in total. The van der Waals surface area contributed by atoms with Crippen LogP contribution in [0.1, 0.15) is 33.1 Å². The molecule has 26 heavy (non-hydrogen) atoms. The van der Waals surface area contributed by atoms with Crippen LogP contribution in [0.15, 0.2) is 29.2 Å². The molecule has 0 unspecified atom stereocenters. The van der Waals surface area contributed by atoms with Crippen LogP contribution in [0.25, 0.3) is 0 Å². The summed E-state index contributed by atoms with van der Waals surface area (Å²) in [5.41, 5.74) is 1.06. The molecule has 1 aromatic rings. The first-order valence-corrected chi connectivity index (χ1v) is 10.6. The van der Waals surface area contributed by atoms with Gasteiger partial charge in [-0.3, -0.25) is 9.59 Å². The van der Waals surface area contributed by atoms with E-state index in [4.69, 9.17) is 0 Å². The quantitative estimate of drug-likeness (QED) is 0.831. The van der Waals surface area contributed by atoms with Gasteiger partial charge in [0.15, 0.2) is 0 Å². The molecular formula is C20H29N3O2S. The fraction of sp³-hybridized carbons (Fsp3) is 0.600. The number of carbonyl (C=O) groups excluding carboxylic acids is 2. The molecule has 0 radical (unpaired) electrons. The lowest BCUT2D eigenvalue weighted by Gasteiger charge is -2.34. The van der Waals surface area contributed by atoms with Crippen LogP contribution in [-0.4, -0.2) is 54.7 Å². The van der Waals surface area contributed by atoms with Gasteiger partial charge in [0.25, 0.3) is 0 Å². The lowest BCUT2D eigenvalue weighted by Crippen LogP contribution is -2.46. The summed E-state index contributed by atoms with van der Waals surface area (Å²) in [4.78, 5) is 29.7. The minimum Gasteiger partial charge on any atom is -0.353 e. The van der Waals surface area contributed by atoms with Gasteiger partial charge in [-0.1, -0.05) is 26.0 Å². The van der Waals surface area contributed by atoms with Crippen molar-refractivity contribution in [1.29, 1.82) is 0 Å². The first-order chi connectivity index (χ1) is 12.5. The highest BCUT2D eigenvalue weighted by atomic mass is 32.2. The lowest BCUT2D eigenvalue weighted by molar-refractivity contribution is -0.125. The van der Waals surface area contributed by atoms with Gasteiger partial charge in [0.05, 0.1) is 11.4 Å². The zero-order valence-electron chi connectivity index (χ0n) is 15.7. The maximum Gasteiger partial charge on any atom is 0.237 e. The largest absolute Gasteiger partial charge is 0.353 e. The van der Waals surface area contributed by atoms with Crippen molar-refractivity contribution in [3.8, 4) is 0 Å². The summed E-state index contributed by atoms with van der Waals surface area (Å²) < 4.78 is 0. The van der Waals surface area contributed by atoms with E-state index >= 15 is 0 Å². The van der Waals surface area contributed by atoms with E-state index in [9.17, 15) is 9.59 Å². The van der Waals surface area contributed by atoms with E-state index in [1.165, 1.54) is 4.90 Å². The minimum absolute atomic E-state index is 0.0520. The molecule has 0 atom stereocenters. The summed E-state index contributed by atoms with van der Waals surface area (Å²) in [5.74, 6) is 0.960. The number of hydrogen-bond donors (Lipinski definition) is 1. The van der Waals surface area contributed by atoms with Gasteiger partial charge in [0.1, 0.15) is 0 Å².